The van der Waals surface area contributed by atoms with E-state index < -0.39 is 5.76 Å². The minimum Gasteiger partial charge on any atom is -0.464 e. The number of nitrogens with one attached hydrogen (secondary N) is 1. The van der Waals surface area contributed by atoms with E-state index in [9.17, 15) is 8.78 Å². The molecule has 1 saturated heterocycles. The maximum absolute atomic E-state index is 12.1. The molecule has 1 aromatic rings. The molecule has 20 heavy (non-hydrogen) atoms. The standard InChI is InChI=1S/C14H22F2N2OS/c1-11(18-6-2-3-7-18)8-17-9-12-4-5-13(19-12)10-20-14(15)16/h4-5,11,14,17H,2-3,6-10H2,1H3. The number of halogens is 2. The molecular weight excluding hydrogens is 282 g/mol. The molecule has 6 heteroatoms. The molecule has 1 aromatic heterocycles. The zero-order chi connectivity index (χ0) is 14.4. The molecule has 1 fully saturated rings. The van der Waals surface area contributed by atoms with Gasteiger partial charge >= 0.3 is 0 Å². The lowest BCUT2D eigenvalue weighted by molar-refractivity contribution is 0.249. The van der Waals surface area contributed by atoms with Gasteiger partial charge in [0.2, 0.25) is 0 Å². The molecule has 1 aliphatic rings. The summed E-state index contributed by atoms with van der Waals surface area (Å²) < 4.78 is 29.7. The lowest BCUT2D eigenvalue weighted by Crippen LogP contribution is -2.38. The van der Waals surface area contributed by atoms with Crippen LogP contribution in [0.5, 0.6) is 0 Å². The molecular formula is C14H22F2N2OS. The molecule has 0 spiro atoms. The zero-order valence-corrected chi connectivity index (χ0v) is 12.6. The van der Waals surface area contributed by atoms with Crippen LogP contribution >= 0.6 is 11.8 Å². The van der Waals surface area contributed by atoms with Gasteiger partial charge < -0.3 is 9.73 Å². The van der Waals surface area contributed by atoms with E-state index in [-0.39, 0.29) is 5.75 Å². The summed E-state index contributed by atoms with van der Waals surface area (Å²) in [4.78, 5) is 2.49. The van der Waals surface area contributed by atoms with E-state index in [0.717, 1.165) is 12.3 Å². The van der Waals surface area contributed by atoms with Crippen LogP contribution in [0, 0.1) is 0 Å². The number of hydrogen-bond acceptors (Lipinski definition) is 4. The third-order valence-corrected chi connectivity index (χ3v) is 4.28. The quantitative estimate of drug-likeness (QED) is 0.797. The van der Waals surface area contributed by atoms with Gasteiger partial charge in [0.15, 0.2) is 0 Å². The van der Waals surface area contributed by atoms with Crippen molar-refractivity contribution in [2.45, 2.75) is 43.9 Å². The van der Waals surface area contributed by atoms with Gasteiger partial charge in [-0.2, -0.15) is 8.78 Å². The van der Waals surface area contributed by atoms with Crippen molar-refractivity contribution in [1.82, 2.24) is 10.2 Å². The van der Waals surface area contributed by atoms with Crippen molar-refractivity contribution in [2.24, 2.45) is 0 Å². The lowest BCUT2D eigenvalue weighted by Gasteiger charge is -2.23. The minimum absolute atomic E-state index is 0.224. The van der Waals surface area contributed by atoms with Crippen LogP contribution in [-0.4, -0.2) is 36.3 Å². The smallest absolute Gasteiger partial charge is 0.284 e. The molecule has 1 aliphatic heterocycles. The van der Waals surface area contributed by atoms with Crippen LogP contribution < -0.4 is 5.32 Å². The van der Waals surface area contributed by atoms with E-state index in [4.69, 9.17) is 4.42 Å². The first kappa shape index (κ1) is 15.8. The summed E-state index contributed by atoms with van der Waals surface area (Å²) in [5, 5.41) is 3.37. The second-order valence-corrected chi connectivity index (χ2v) is 6.14. The van der Waals surface area contributed by atoms with Crippen molar-refractivity contribution >= 4 is 11.8 Å². The zero-order valence-electron chi connectivity index (χ0n) is 11.8. The first-order valence-corrected chi connectivity index (χ1v) is 8.12. The van der Waals surface area contributed by atoms with Gasteiger partial charge in [-0.05, 0) is 45.0 Å². The molecule has 1 atom stereocenters. The van der Waals surface area contributed by atoms with Gasteiger partial charge in [-0.3, -0.25) is 4.90 Å². The molecule has 0 aromatic carbocycles. The number of rotatable bonds is 8. The summed E-state index contributed by atoms with van der Waals surface area (Å²) in [6, 6.07) is 4.16. The number of hydrogen-bond donors (Lipinski definition) is 1. The first-order valence-electron chi connectivity index (χ1n) is 7.07. The van der Waals surface area contributed by atoms with Gasteiger partial charge in [-0.1, -0.05) is 11.8 Å². The molecule has 0 radical (unpaired) electrons. The van der Waals surface area contributed by atoms with E-state index in [0.29, 0.717) is 30.1 Å². The summed E-state index contributed by atoms with van der Waals surface area (Å²) in [6.07, 6.45) is 2.60. The Hall–Kier alpha value is -0.590. The maximum Gasteiger partial charge on any atom is 0.284 e. The van der Waals surface area contributed by atoms with Crippen molar-refractivity contribution in [3.63, 3.8) is 0 Å². The molecule has 1 unspecified atom stereocenters. The second kappa shape index (κ2) is 8.00. The van der Waals surface area contributed by atoms with Gasteiger partial charge in [0.1, 0.15) is 11.5 Å². The second-order valence-electron chi connectivity index (χ2n) is 5.16. The normalized spacial score (nSPS) is 18.0. The van der Waals surface area contributed by atoms with Crippen molar-refractivity contribution in [2.75, 3.05) is 19.6 Å². The molecule has 0 saturated carbocycles. The van der Waals surface area contributed by atoms with Gasteiger partial charge in [0, 0.05) is 12.6 Å². The molecule has 2 rings (SSSR count). The van der Waals surface area contributed by atoms with E-state index in [1.54, 1.807) is 6.07 Å². The molecule has 2 heterocycles. The first-order chi connectivity index (χ1) is 9.65. The van der Waals surface area contributed by atoms with Crippen LogP contribution in [0.3, 0.4) is 0 Å². The SMILES string of the molecule is CC(CNCc1ccc(CSC(F)F)o1)N1CCCC1. The van der Waals surface area contributed by atoms with Crippen LogP contribution in [0.1, 0.15) is 31.3 Å². The number of furan rings is 1. The highest BCUT2D eigenvalue weighted by atomic mass is 32.2. The van der Waals surface area contributed by atoms with E-state index >= 15 is 0 Å². The van der Waals surface area contributed by atoms with Crippen LogP contribution in [0.2, 0.25) is 0 Å². The van der Waals surface area contributed by atoms with Crippen molar-refractivity contribution in [3.8, 4) is 0 Å². The van der Waals surface area contributed by atoms with Gasteiger partial charge in [-0.25, -0.2) is 0 Å². The fraction of sp³-hybridized carbons (Fsp3) is 0.714. The minimum atomic E-state index is -2.34. The van der Waals surface area contributed by atoms with Crippen LogP contribution in [0.25, 0.3) is 0 Å². The molecule has 0 aliphatic carbocycles. The Bertz CT molecular complexity index is 394. The monoisotopic (exact) mass is 304 g/mol. The van der Waals surface area contributed by atoms with Gasteiger partial charge in [0.05, 0.1) is 12.3 Å². The molecule has 0 amide bonds. The average Bonchev–Trinajstić information content (AvgIpc) is 3.08. The number of nitrogens with zero attached hydrogens (tertiary/aromatic N) is 1. The predicted molar refractivity (Wildman–Crippen MR) is 78.0 cm³/mol. The van der Waals surface area contributed by atoms with Gasteiger partial charge in [0.25, 0.3) is 5.76 Å². The van der Waals surface area contributed by atoms with Crippen LogP contribution in [-0.2, 0) is 12.3 Å². The summed E-state index contributed by atoms with van der Waals surface area (Å²) >= 11 is 0.589. The van der Waals surface area contributed by atoms with E-state index in [1.807, 2.05) is 6.07 Å². The highest BCUT2D eigenvalue weighted by Crippen LogP contribution is 2.21. The predicted octanol–water partition coefficient (Wildman–Crippen LogP) is 3.31. The Morgan fingerprint density at radius 1 is 1.30 bits per heavy atom. The molecule has 3 nitrogen and oxygen atoms in total. The summed E-state index contributed by atoms with van der Waals surface area (Å²) in [7, 11) is 0. The largest absolute Gasteiger partial charge is 0.464 e. The lowest BCUT2D eigenvalue weighted by atomic mass is 10.3. The van der Waals surface area contributed by atoms with E-state index in [1.165, 1.54) is 25.9 Å². The van der Waals surface area contributed by atoms with Crippen LogP contribution in [0.15, 0.2) is 16.5 Å². The summed E-state index contributed by atoms with van der Waals surface area (Å²) in [5.41, 5.74) is 0. The Morgan fingerprint density at radius 3 is 2.70 bits per heavy atom. The Balaban J connectivity index is 1.66. The Labute approximate surface area is 123 Å². The third kappa shape index (κ3) is 5.07. The molecule has 1 N–H and O–H groups in total. The van der Waals surface area contributed by atoms with Crippen molar-refractivity contribution < 1.29 is 13.2 Å². The average molecular weight is 304 g/mol. The Kier molecular flexibility index (Phi) is 6.32. The topological polar surface area (TPSA) is 28.4 Å². The highest BCUT2D eigenvalue weighted by Gasteiger charge is 2.17. The fourth-order valence-corrected chi connectivity index (χ4v) is 2.90. The summed E-state index contributed by atoms with van der Waals surface area (Å²) in [6.45, 7) is 6.18. The van der Waals surface area contributed by atoms with Gasteiger partial charge in [-0.15, -0.1) is 0 Å². The summed E-state index contributed by atoms with van der Waals surface area (Å²) in [5.74, 6) is -0.701. The van der Waals surface area contributed by atoms with Crippen LogP contribution in [0.4, 0.5) is 8.78 Å². The van der Waals surface area contributed by atoms with Crippen molar-refractivity contribution in [3.05, 3.63) is 23.7 Å². The number of thioether (sulfide) groups is 1. The maximum atomic E-state index is 12.1. The van der Waals surface area contributed by atoms with E-state index in [2.05, 4.69) is 17.1 Å². The fourth-order valence-electron chi connectivity index (χ4n) is 2.46. The molecule has 0 bridgehead atoms. The van der Waals surface area contributed by atoms with Crippen molar-refractivity contribution in [1.29, 1.82) is 0 Å². The number of likely N-dealkylation sites (tertiary alicyclic amines) is 1. The molecule has 114 valence electrons. The Morgan fingerprint density at radius 2 is 2.00 bits per heavy atom. The highest BCUT2D eigenvalue weighted by molar-refractivity contribution is 7.98. The third-order valence-electron chi connectivity index (χ3n) is 3.57. The number of alkyl halides is 2.